The summed E-state index contributed by atoms with van der Waals surface area (Å²) in [4.78, 5) is 17.2. The van der Waals surface area contributed by atoms with E-state index >= 15 is 0 Å². The van der Waals surface area contributed by atoms with Crippen LogP contribution < -0.4 is 5.32 Å². The summed E-state index contributed by atoms with van der Waals surface area (Å²) in [7, 11) is 0. The molecule has 0 aliphatic heterocycles. The summed E-state index contributed by atoms with van der Waals surface area (Å²) in [6, 6.07) is 13.1. The molecule has 0 atom stereocenters. The Hall–Kier alpha value is -2.24. The number of amides is 1. The van der Waals surface area contributed by atoms with E-state index in [1.165, 1.54) is 29.5 Å². The van der Waals surface area contributed by atoms with Crippen molar-refractivity contribution in [1.82, 2.24) is 4.98 Å². The number of rotatable bonds is 4. The van der Waals surface area contributed by atoms with Gasteiger partial charge in [-0.15, -0.1) is 11.3 Å². The lowest BCUT2D eigenvalue weighted by atomic mass is 10.1. The highest BCUT2D eigenvalue weighted by atomic mass is 35.5. The zero-order valence-electron chi connectivity index (χ0n) is 11.9. The van der Waals surface area contributed by atoms with Crippen LogP contribution in [0.2, 0.25) is 5.02 Å². The molecule has 3 rings (SSSR count). The molecular formula is C17H12ClFN2OS. The van der Waals surface area contributed by atoms with Crippen molar-refractivity contribution >= 4 is 34.0 Å². The van der Waals surface area contributed by atoms with Crippen LogP contribution in [0.25, 0.3) is 0 Å². The highest BCUT2D eigenvalue weighted by Gasteiger charge is 2.10. The molecule has 116 valence electrons. The van der Waals surface area contributed by atoms with E-state index in [-0.39, 0.29) is 11.5 Å². The number of thiazole rings is 1. The Morgan fingerprint density at radius 2 is 2.04 bits per heavy atom. The Bertz CT molecular complexity index is 850. The van der Waals surface area contributed by atoms with Gasteiger partial charge in [0.25, 0.3) is 5.91 Å². The number of halogens is 2. The molecule has 0 aliphatic rings. The topological polar surface area (TPSA) is 42.0 Å². The van der Waals surface area contributed by atoms with E-state index in [1.54, 1.807) is 12.3 Å². The predicted octanol–water partition coefficient (Wildman–Crippen LogP) is 4.78. The fourth-order valence-electron chi connectivity index (χ4n) is 2.09. The van der Waals surface area contributed by atoms with Crippen LogP contribution in [0, 0.1) is 5.82 Å². The molecule has 6 heteroatoms. The molecule has 1 heterocycles. The molecule has 1 amide bonds. The van der Waals surface area contributed by atoms with Crippen molar-refractivity contribution < 1.29 is 9.18 Å². The molecule has 0 bridgehead atoms. The van der Waals surface area contributed by atoms with Gasteiger partial charge in [-0.2, -0.15) is 0 Å². The van der Waals surface area contributed by atoms with E-state index < -0.39 is 5.82 Å². The normalized spacial score (nSPS) is 10.5. The Balaban J connectivity index is 1.68. The number of anilines is 1. The van der Waals surface area contributed by atoms with Crippen LogP contribution in [0.3, 0.4) is 0 Å². The first-order valence-corrected chi connectivity index (χ1v) is 8.06. The van der Waals surface area contributed by atoms with Gasteiger partial charge in [-0.25, -0.2) is 9.37 Å². The van der Waals surface area contributed by atoms with Gasteiger partial charge in [-0.05, 0) is 35.9 Å². The fourth-order valence-corrected chi connectivity index (χ4v) is 3.15. The van der Waals surface area contributed by atoms with Gasteiger partial charge < -0.3 is 0 Å². The molecular weight excluding hydrogens is 335 g/mol. The summed E-state index contributed by atoms with van der Waals surface area (Å²) in [6.45, 7) is 0. The number of aromatic nitrogens is 1. The molecule has 1 aromatic heterocycles. The number of nitrogens with zero attached hydrogens (tertiary/aromatic N) is 1. The van der Waals surface area contributed by atoms with Crippen LogP contribution in [-0.4, -0.2) is 10.9 Å². The van der Waals surface area contributed by atoms with Gasteiger partial charge in [0.15, 0.2) is 5.13 Å². The van der Waals surface area contributed by atoms with Gasteiger partial charge >= 0.3 is 0 Å². The monoisotopic (exact) mass is 346 g/mol. The van der Waals surface area contributed by atoms with Crippen LogP contribution in [-0.2, 0) is 6.42 Å². The van der Waals surface area contributed by atoms with Gasteiger partial charge in [0.05, 0.1) is 0 Å². The Morgan fingerprint density at radius 1 is 1.22 bits per heavy atom. The first-order chi connectivity index (χ1) is 11.1. The second-order valence-corrected chi connectivity index (χ2v) is 6.45. The van der Waals surface area contributed by atoms with Gasteiger partial charge in [-0.1, -0.05) is 29.8 Å². The van der Waals surface area contributed by atoms with Crippen molar-refractivity contribution in [3.05, 3.63) is 81.6 Å². The van der Waals surface area contributed by atoms with Gasteiger partial charge in [-0.3, -0.25) is 10.1 Å². The van der Waals surface area contributed by atoms with Crippen molar-refractivity contribution in [1.29, 1.82) is 0 Å². The van der Waals surface area contributed by atoms with Crippen LogP contribution in [0.15, 0.2) is 54.7 Å². The van der Waals surface area contributed by atoms with Crippen molar-refractivity contribution in [3.63, 3.8) is 0 Å². The maximum absolute atomic E-state index is 13.1. The minimum atomic E-state index is -0.446. The van der Waals surface area contributed by atoms with Crippen LogP contribution >= 0.6 is 22.9 Å². The average molecular weight is 347 g/mol. The van der Waals surface area contributed by atoms with Crippen LogP contribution in [0.5, 0.6) is 0 Å². The standard InChI is InChI=1S/C17H12ClFN2OS/c18-13-5-1-3-11(7-13)8-15-10-20-17(23-15)21-16(22)12-4-2-6-14(19)9-12/h1-7,9-10H,8H2,(H,20,21,22). The lowest BCUT2D eigenvalue weighted by Gasteiger charge is -2.01. The van der Waals surface area contributed by atoms with Crippen molar-refractivity contribution in [2.24, 2.45) is 0 Å². The number of benzene rings is 2. The van der Waals surface area contributed by atoms with E-state index in [0.29, 0.717) is 16.6 Å². The van der Waals surface area contributed by atoms with E-state index in [9.17, 15) is 9.18 Å². The number of nitrogens with one attached hydrogen (secondary N) is 1. The third kappa shape index (κ3) is 4.15. The molecule has 0 fully saturated rings. The molecule has 0 unspecified atom stereocenters. The van der Waals surface area contributed by atoms with Crippen molar-refractivity contribution in [2.75, 3.05) is 5.32 Å². The van der Waals surface area contributed by atoms with E-state index in [2.05, 4.69) is 10.3 Å². The second-order valence-electron chi connectivity index (χ2n) is 4.90. The first-order valence-electron chi connectivity index (χ1n) is 6.86. The molecule has 0 spiro atoms. The Morgan fingerprint density at radius 3 is 2.83 bits per heavy atom. The number of carbonyl (C=O) groups is 1. The average Bonchev–Trinajstić information content (AvgIpc) is 2.94. The summed E-state index contributed by atoms with van der Waals surface area (Å²) < 4.78 is 13.1. The molecule has 0 saturated heterocycles. The van der Waals surface area contributed by atoms with Gasteiger partial charge in [0.1, 0.15) is 5.82 Å². The third-order valence-corrected chi connectivity index (χ3v) is 4.28. The molecule has 3 aromatic rings. The first kappa shape index (κ1) is 15.6. The fraction of sp³-hybridized carbons (Fsp3) is 0.0588. The second kappa shape index (κ2) is 6.89. The molecule has 1 N–H and O–H groups in total. The van der Waals surface area contributed by atoms with Crippen LogP contribution in [0.4, 0.5) is 9.52 Å². The SMILES string of the molecule is O=C(Nc1ncc(Cc2cccc(Cl)c2)s1)c1cccc(F)c1. The van der Waals surface area contributed by atoms with Crippen molar-refractivity contribution in [2.45, 2.75) is 6.42 Å². The lowest BCUT2D eigenvalue weighted by Crippen LogP contribution is -2.11. The molecule has 3 nitrogen and oxygen atoms in total. The smallest absolute Gasteiger partial charge is 0.257 e. The largest absolute Gasteiger partial charge is 0.298 e. The lowest BCUT2D eigenvalue weighted by molar-refractivity contribution is 0.102. The van der Waals surface area contributed by atoms with Crippen LogP contribution in [0.1, 0.15) is 20.8 Å². The number of hydrogen-bond donors (Lipinski definition) is 1. The minimum absolute atomic E-state index is 0.261. The zero-order chi connectivity index (χ0) is 16.2. The van der Waals surface area contributed by atoms with Gasteiger partial charge in [0.2, 0.25) is 0 Å². The van der Waals surface area contributed by atoms with Crippen molar-refractivity contribution in [3.8, 4) is 0 Å². The summed E-state index contributed by atoms with van der Waals surface area (Å²) in [5.41, 5.74) is 1.33. The summed E-state index contributed by atoms with van der Waals surface area (Å²) in [5.74, 6) is -0.827. The molecule has 0 saturated carbocycles. The quantitative estimate of drug-likeness (QED) is 0.738. The zero-order valence-corrected chi connectivity index (χ0v) is 13.5. The number of hydrogen-bond acceptors (Lipinski definition) is 3. The summed E-state index contributed by atoms with van der Waals surface area (Å²) in [5, 5.41) is 3.85. The molecule has 0 radical (unpaired) electrons. The molecule has 0 aliphatic carbocycles. The van der Waals surface area contributed by atoms with Gasteiger partial charge in [0, 0.05) is 28.1 Å². The van der Waals surface area contributed by atoms with E-state index in [1.807, 2.05) is 24.3 Å². The predicted molar refractivity (Wildman–Crippen MR) is 90.7 cm³/mol. The summed E-state index contributed by atoms with van der Waals surface area (Å²) >= 11 is 7.35. The minimum Gasteiger partial charge on any atom is -0.298 e. The van der Waals surface area contributed by atoms with E-state index in [0.717, 1.165) is 10.4 Å². The highest BCUT2D eigenvalue weighted by molar-refractivity contribution is 7.15. The summed E-state index contributed by atoms with van der Waals surface area (Å²) in [6.07, 6.45) is 2.40. The highest BCUT2D eigenvalue weighted by Crippen LogP contribution is 2.23. The maximum Gasteiger partial charge on any atom is 0.257 e. The Labute approximate surface area is 141 Å². The molecule has 23 heavy (non-hydrogen) atoms. The van der Waals surface area contributed by atoms with E-state index in [4.69, 9.17) is 11.6 Å². The maximum atomic E-state index is 13.1. The third-order valence-electron chi connectivity index (χ3n) is 3.13. The number of carbonyl (C=O) groups excluding carboxylic acids is 1. The molecule has 2 aromatic carbocycles. The Kier molecular flexibility index (Phi) is 4.69.